The molecule has 5 heteroatoms. The molecule has 0 radical (unpaired) electrons. The minimum Gasteiger partial charge on any atom is -0.465 e. The molecule has 0 bridgehead atoms. The van der Waals surface area contributed by atoms with Crippen LogP contribution in [0.2, 0.25) is 0 Å². The Balaban J connectivity index is 1.53. The first kappa shape index (κ1) is 17.5. The Labute approximate surface area is 135 Å². The molecule has 2 aliphatic rings. The quantitative estimate of drug-likeness (QED) is 0.766. The van der Waals surface area contributed by atoms with Crippen molar-refractivity contribution < 1.29 is 9.90 Å². The van der Waals surface area contributed by atoms with Gasteiger partial charge in [0.15, 0.2) is 0 Å². The van der Waals surface area contributed by atoms with Crippen LogP contribution in [-0.4, -0.2) is 78.8 Å². The summed E-state index contributed by atoms with van der Waals surface area (Å²) in [6, 6.07) is 0.249. The number of hydrogen-bond donors (Lipinski definition) is 1. The second-order valence-electron chi connectivity index (χ2n) is 7.21. The van der Waals surface area contributed by atoms with Crippen LogP contribution >= 0.6 is 0 Å². The second kappa shape index (κ2) is 8.73. The summed E-state index contributed by atoms with van der Waals surface area (Å²) in [6.45, 7) is 6.12. The third kappa shape index (κ3) is 5.43. The maximum Gasteiger partial charge on any atom is 0.407 e. The molecule has 0 aromatic carbocycles. The van der Waals surface area contributed by atoms with Crippen molar-refractivity contribution in [1.29, 1.82) is 0 Å². The van der Waals surface area contributed by atoms with Crippen molar-refractivity contribution in [3.63, 3.8) is 0 Å². The van der Waals surface area contributed by atoms with Crippen molar-refractivity contribution in [1.82, 2.24) is 14.7 Å². The van der Waals surface area contributed by atoms with E-state index in [1.807, 2.05) is 0 Å². The normalized spacial score (nSPS) is 27.7. The van der Waals surface area contributed by atoms with Gasteiger partial charge in [0.05, 0.1) is 0 Å². The van der Waals surface area contributed by atoms with Gasteiger partial charge in [0.1, 0.15) is 0 Å². The molecule has 1 amide bonds. The fraction of sp³-hybridized carbons (Fsp3) is 0.941. The van der Waals surface area contributed by atoms with E-state index in [-0.39, 0.29) is 6.04 Å². The SMILES string of the molecule is CN1CCN(CCCCC2CCC(N(C)C(=O)O)CC2)CC1. The summed E-state index contributed by atoms with van der Waals surface area (Å²) in [4.78, 5) is 17.5. The number of rotatable bonds is 6. The highest BCUT2D eigenvalue weighted by Gasteiger charge is 2.26. The van der Waals surface area contributed by atoms with Gasteiger partial charge in [-0.2, -0.15) is 0 Å². The standard InChI is InChI=1S/C17H33N3O2/c1-18-11-13-20(14-12-18)10-4-3-5-15-6-8-16(9-7-15)19(2)17(21)22/h15-16H,3-14H2,1-2H3,(H,21,22). The molecule has 5 nitrogen and oxygen atoms in total. The zero-order chi connectivity index (χ0) is 15.9. The number of carboxylic acid groups (broad SMARTS) is 1. The van der Waals surface area contributed by atoms with E-state index < -0.39 is 6.09 Å². The average molecular weight is 311 g/mol. The lowest BCUT2D eigenvalue weighted by atomic mass is 9.82. The Bertz CT molecular complexity index is 335. The van der Waals surface area contributed by atoms with Crippen LogP contribution in [0.15, 0.2) is 0 Å². The highest BCUT2D eigenvalue weighted by Crippen LogP contribution is 2.30. The third-order valence-electron chi connectivity index (χ3n) is 5.60. The predicted molar refractivity (Wildman–Crippen MR) is 89.3 cm³/mol. The van der Waals surface area contributed by atoms with Gasteiger partial charge in [-0.05, 0) is 51.6 Å². The molecule has 1 aliphatic carbocycles. The van der Waals surface area contributed by atoms with Crippen LogP contribution in [-0.2, 0) is 0 Å². The molecular formula is C17H33N3O2. The number of unbranched alkanes of at least 4 members (excludes halogenated alkanes) is 1. The summed E-state index contributed by atoms with van der Waals surface area (Å²) < 4.78 is 0. The first-order chi connectivity index (χ1) is 10.6. The van der Waals surface area contributed by atoms with Gasteiger partial charge in [0, 0.05) is 39.3 Å². The number of hydrogen-bond acceptors (Lipinski definition) is 3. The Kier molecular flexibility index (Phi) is 6.96. The summed E-state index contributed by atoms with van der Waals surface area (Å²) in [5.74, 6) is 0.825. The molecule has 128 valence electrons. The number of likely N-dealkylation sites (N-methyl/N-ethyl adjacent to an activating group) is 1. The van der Waals surface area contributed by atoms with Crippen LogP contribution in [0.3, 0.4) is 0 Å². The van der Waals surface area contributed by atoms with Gasteiger partial charge in [-0.25, -0.2) is 4.79 Å². The zero-order valence-corrected chi connectivity index (χ0v) is 14.3. The molecule has 1 N–H and O–H groups in total. The van der Waals surface area contributed by atoms with Gasteiger partial charge in [0.25, 0.3) is 0 Å². The van der Waals surface area contributed by atoms with Crippen molar-refractivity contribution in [2.75, 3.05) is 46.8 Å². The van der Waals surface area contributed by atoms with E-state index in [2.05, 4.69) is 16.8 Å². The first-order valence-electron chi connectivity index (χ1n) is 8.93. The zero-order valence-electron chi connectivity index (χ0n) is 14.3. The highest BCUT2D eigenvalue weighted by atomic mass is 16.4. The topological polar surface area (TPSA) is 47.0 Å². The van der Waals surface area contributed by atoms with Gasteiger partial charge >= 0.3 is 6.09 Å². The summed E-state index contributed by atoms with van der Waals surface area (Å²) in [7, 11) is 3.92. The van der Waals surface area contributed by atoms with Crippen molar-refractivity contribution in [3.8, 4) is 0 Å². The fourth-order valence-electron chi connectivity index (χ4n) is 3.82. The molecule has 0 unspecified atom stereocenters. The van der Waals surface area contributed by atoms with Gasteiger partial charge in [-0.3, -0.25) is 0 Å². The maximum absolute atomic E-state index is 11.0. The van der Waals surface area contributed by atoms with Gasteiger partial charge in [0.2, 0.25) is 0 Å². The van der Waals surface area contributed by atoms with Crippen molar-refractivity contribution in [3.05, 3.63) is 0 Å². The van der Waals surface area contributed by atoms with E-state index in [4.69, 9.17) is 5.11 Å². The number of nitrogens with zero attached hydrogens (tertiary/aromatic N) is 3. The summed E-state index contributed by atoms with van der Waals surface area (Å²) in [5, 5.41) is 9.03. The summed E-state index contributed by atoms with van der Waals surface area (Å²) in [6.07, 6.45) is 7.70. The van der Waals surface area contributed by atoms with E-state index in [0.717, 1.165) is 18.8 Å². The van der Waals surface area contributed by atoms with E-state index in [1.54, 1.807) is 7.05 Å². The smallest absolute Gasteiger partial charge is 0.407 e. The second-order valence-corrected chi connectivity index (χ2v) is 7.21. The number of piperazine rings is 1. The number of amides is 1. The summed E-state index contributed by atoms with van der Waals surface area (Å²) in [5.41, 5.74) is 0. The van der Waals surface area contributed by atoms with E-state index in [9.17, 15) is 4.79 Å². The lowest BCUT2D eigenvalue weighted by molar-refractivity contribution is 0.117. The van der Waals surface area contributed by atoms with Crippen molar-refractivity contribution >= 4 is 6.09 Å². The predicted octanol–water partition coefficient (Wildman–Crippen LogP) is 2.57. The number of carbonyl (C=O) groups is 1. The average Bonchev–Trinajstić information content (AvgIpc) is 2.53. The molecular weight excluding hydrogens is 278 g/mol. The Morgan fingerprint density at radius 3 is 2.32 bits per heavy atom. The Hall–Kier alpha value is -0.810. The maximum atomic E-state index is 11.0. The monoisotopic (exact) mass is 311 g/mol. The fourth-order valence-corrected chi connectivity index (χ4v) is 3.82. The molecule has 1 aliphatic heterocycles. The van der Waals surface area contributed by atoms with Gasteiger partial charge < -0.3 is 19.8 Å². The molecule has 1 saturated carbocycles. The lowest BCUT2D eigenvalue weighted by Crippen LogP contribution is -2.44. The molecule has 22 heavy (non-hydrogen) atoms. The van der Waals surface area contributed by atoms with E-state index in [0.29, 0.717) is 0 Å². The molecule has 0 aromatic rings. The lowest BCUT2D eigenvalue weighted by Gasteiger charge is -2.34. The van der Waals surface area contributed by atoms with Gasteiger partial charge in [-0.1, -0.05) is 12.8 Å². The molecule has 0 spiro atoms. The molecule has 0 atom stereocenters. The van der Waals surface area contributed by atoms with Crippen LogP contribution < -0.4 is 0 Å². The minimum atomic E-state index is -0.782. The van der Waals surface area contributed by atoms with E-state index in [1.165, 1.54) is 69.7 Å². The third-order valence-corrected chi connectivity index (χ3v) is 5.60. The highest BCUT2D eigenvalue weighted by molar-refractivity contribution is 5.64. The first-order valence-corrected chi connectivity index (χ1v) is 8.93. The van der Waals surface area contributed by atoms with Crippen LogP contribution in [0.25, 0.3) is 0 Å². The van der Waals surface area contributed by atoms with Crippen LogP contribution in [0.1, 0.15) is 44.9 Å². The molecule has 0 aromatic heterocycles. The Morgan fingerprint density at radius 2 is 1.73 bits per heavy atom. The van der Waals surface area contributed by atoms with Crippen molar-refractivity contribution in [2.45, 2.75) is 51.0 Å². The van der Waals surface area contributed by atoms with Crippen LogP contribution in [0.4, 0.5) is 4.79 Å². The molecule has 2 rings (SSSR count). The van der Waals surface area contributed by atoms with Crippen molar-refractivity contribution in [2.24, 2.45) is 5.92 Å². The van der Waals surface area contributed by atoms with E-state index >= 15 is 0 Å². The largest absolute Gasteiger partial charge is 0.465 e. The molecule has 1 heterocycles. The minimum absolute atomic E-state index is 0.249. The van der Waals surface area contributed by atoms with Gasteiger partial charge in [-0.15, -0.1) is 0 Å². The van der Waals surface area contributed by atoms with Crippen LogP contribution in [0, 0.1) is 5.92 Å². The molecule has 2 fully saturated rings. The summed E-state index contributed by atoms with van der Waals surface area (Å²) >= 11 is 0. The molecule has 1 saturated heterocycles. The Morgan fingerprint density at radius 1 is 1.09 bits per heavy atom. The van der Waals surface area contributed by atoms with Crippen LogP contribution in [0.5, 0.6) is 0 Å².